The van der Waals surface area contributed by atoms with Crippen molar-refractivity contribution in [1.29, 1.82) is 0 Å². The van der Waals surface area contributed by atoms with Gasteiger partial charge in [0.1, 0.15) is 12.4 Å². The highest BCUT2D eigenvalue weighted by Crippen LogP contribution is 2.40. The van der Waals surface area contributed by atoms with E-state index in [1.165, 1.54) is 11.1 Å². The fraction of sp³-hybridized carbons (Fsp3) is 0.375. The molecule has 0 N–H and O–H groups in total. The summed E-state index contributed by atoms with van der Waals surface area (Å²) in [6.07, 6.45) is 6.02. The van der Waals surface area contributed by atoms with Crippen molar-refractivity contribution in [3.8, 4) is 5.75 Å². The maximum absolute atomic E-state index is 12.8. The van der Waals surface area contributed by atoms with Crippen LogP contribution >= 0.6 is 0 Å². The highest BCUT2D eigenvalue weighted by atomic mass is 16.6. The Kier molecular flexibility index (Phi) is 5.38. The van der Waals surface area contributed by atoms with Crippen LogP contribution in [-0.2, 0) is 11.3 Å². The standard InChI is InChI=1S/C24H27NO3/c1-17-11-12-22(23(13-17)27-2)19-14-20-9-6-10-21(15-19)25(20)24(26)28-16-18-7-4-3-5-8-18/h3-5,7-8,11-14,20-21H,6,9-10,15-16H2,1-2H3. The lowest BCUT2D eigenvalue weighted by Crippen LogP contribution is -2.51. The number of hydrogen-bond acceptors (Lipinski definition) is 3. The molecule has 2 heterocycles. The van der Waals surface area contributed by atoms with Crippen LogP contribution in [0.4, 0.5) is 4.79 Å². The SMILES string of the molecule is COc1cc(C)ccc1C1=CC2CCCC(C1)N2C(=O)OCc1ccccc1. The van der Waals surface area contributed by atoms with E-state index in [4.69, 9.17) is 9.47 Å². The Labute approximate surface area is 166 Å². The van der Waals surface area contributed by atoms with Gasteiger partial charge in [-0.15, -0.1) is 0 Å². The van der Waals surface area contributed by atoms with E-state index < -0.39 is 0 Å². The van der Waals surface area contributed by atoms with Crippen molar-refractivity contribution in [3.63, 3.8) is 0 Å². The molecule has 2 aromatic carbocycles. The molecule has 2 bridgehead atoms. The average molecular weight is 377 g/mol. The number of methoxy groups -OCH3 is 1. The van der Waals surface area contributed by atoms with Crippen molar-refractivity contribution >= 4 is 11.7 Å². The Bertz CT molecular complexity index is 875. The highest BCUT2D eigenvalue weighted by molar-refractivity contribution is 5.76. The Hall–Kier alpha value is -2.75. The summed E-state index contributed by atoms with van der Waals surface area (Å²) in [5.41, 5.74) is 4.61. The minimum Gasteiger partial charge on any atom is -0.496 e. The largest absolute Gasteiger partial charge is 0.496 e. The van der Waals surface area contributed by atoms with Crippen LogP contribution in [0, 0.1) is 6.92 Å². The predicted octanol–water partition coefficient (Wildman–Crippen LogP) is 5.35. The number of amides is 1. The first-order valence-corrected chi connectivity index (χ1v) is 10.0. The number of ether oxygens (including phenoxy) is 2. The Morgan fingerprint density at radius 3 is 2.71 bits per heavy atom. The molecule has 2 aromatic rings. The third-order valence-corrected chi connectivity index (χ3v) is 5.76. The third-order valence-electron chi connectivity index (χ3n) is 5.76. The molecule has 0 spiro atoms. The van der Waals surface area contributed by atoms with Gasteiger partial charge < -0.3 is 9.47 Å². The van der Waals surface area contributed by atoms with Crippen LogP contribution in [0.2, 0.25) is 0 Å². The first-order valence-electron chi connectivity index (χ1n) is 10.0. The van der Waals surface area contributed by atoms with E-state index in [0.717, 1.165) is 42.6 Å². The van der Waals surface area contributed by atoms with E-state index in [1.807, 2.05) is 35.2 Å². The molecule has 1 amide bonds. The summed E-state index contributed by atoms with van der Waals surface area (Å²) in [5.74, 6) is 0.907. The van der Waals surface area contributed by atoms with Gasteiger partial charge >= 0.3 is 6.09 Å². The lowest BCUT2D eigenvalue weighted by molar-refractivity contribution is 0.0510. The first-order chi connectivity index (χ1) is 13.7. The van der Waals surface area contributed by atoms with Crippen molar-refractivity contribution in [3.05, 3.63) is 71.3 Å². The van der Waals surface area contributed by atoms with E-state index in [1.54, 1.807) is 7.11 Å². The number of rotatable bonds is 4. The molecule has 2 atom stereocenters. The zero-order valence-corrected chi connectivity index (χ0v) is 16.6. The number of carbonyl (C=O) groups is 1. The molecule has 2 unspecified atom stereocenters. The quantitative estimate of drug-likeness (QED) is 0.721. The number of carbonyl (C=O) groups excluding carboxylic acids is 1. The smallest absolute Gasteiger partial charge is 0.410 e. The molecule has 1 fully saturated rings. The molecule has 1 saturated heterocycles. The second-order valence-electron chi connectivity index (χ2n) is 7.70. The van der Waals surface area contributed by atoms with Crippen LogP contribution in [0.1, 0.15) is 42.4 Å². The van der Waals surface area contributed by atoms with Crippen LogP contribution in [-0.4, -0.2) is 30.2 Å². The van der Waals surface area contributed by atoms with E-state index >= 15 is 0 Å². The molecular weight excluding hydrogens is 350 g/mol. The number of benzene rings is 2. The number of aryl methyl sites for hydroxylation is 1. The third kappa shape index (κ3) is 3.77. The number of piperidine rings is 1. The Morgan fingerprint density at radius 2 is 1.96 bits per heavy atom. The van der Waals surface area contributed by atoms with Gasteiger partial charge in [-0.05, 0) is 55.4 Å². The molecular formula is C24H27NO3. The van der Waals surface area contributed by atoms with Gasteiger partial charge in [-0.25, -0.2) is 4.79 Å². The van der Waals surface area contributed by atoms with Crippen molar-refractivity contribution < 1.29 is 14.3 Å². The van der Waals surface area contributed by atoms with Gasteiger partial charge in [0, 0.05) is 11.6 Å². The summed E-state index contributed by atoms with van der Waals surface area (Å²) in [6.45, 7) is 2.39. The normalized spacial score (nSPS) is 21.1. The second kappa shape index (κ2) is 8.09. The molecule has 0 aliphatic carbocycles. The highest BCUT2D eigenvalue weighted by Gasteiger charge is 2.38. The fourth-order valence-corrected chi connectivity index (χ4v) is 4.37. The molecule has 4 heteroatoms. The topological polar surface area (TPSA) is 38.8 Å². The number of fused-ring (bicyclic) bond motifs is 2. The molecule has 146 valence electrons. The number of nitrogens with zero attached hydrogens (tertiary/aromatic N) is 1. The van der Waals surface area contributed by atoms with Gasteiger partial charge in [0.15, 0.2) is 0 Å². The fourth-order valence-electron chi connectivity index (χ4n) is 4.37. The molecule has 0 saturated carbocycles. The molecule has 4 nitrogen and oxygen atoms in total. The summed E-state index contributed by atoms with van der Waals surface area (Å²) in [6, 6.07) is 16.5. The van der Waals surface area contributed by atoms with Gasteiger partial charge in [-0.1, -0.05) is 48.5 Å². The van der Waals surface area contributed by atoms with Gasteiger partial charge in [0.05, 0.1) is 13.2 Å². The van der Waals surface area contributed by atoms with Gasteiger partial charge in [0.2, 0.25) is 0 Å². The molecule has 28 heavy (non-hydrogen) atoms. The zero-order valence-electron chi connectivity index (χ0n) is 16.6. The van der Waals surface area contributed by atoms with E-state index in [9.17, 15) is 4.79 Å². The lowest BCUT2D eigenvalue weighted by Gasteiger charge is -2.44. The van der Waals surface area contributed by atoms with Crippen LogP contribution in [0.15, 0.2) is 54.6 Å². The maximum Gasteiger partial charge on any atom is 0.410 e. The van der Waals surface area contributed by atoms with E-state index in [0.29, 0.717) is 6.61 Å². The molecule has 4 rings (SSSR count). The van der Waals surface area contributed by atoms with Crippen molar-refractivity contribution in [1.82, 2.24) is 4.90 Å². The Morgan fingerprint density at radius 1 is 1.14 bits per heavy atom. The molecule has 2 aliphatic rings. The maximum atomic E-state index is 12.8. The molecule has 0 radical (unpaired) electrons. The van der Waals surface area contributed by atoms with Crippen molar-refractivity contribution in [2.45, 2.75) is 51.3 Å². The molecule has 2 aliphatic heterocycles. The first kappa shape index (κ1) is 18.6. The van der Waals surface area contributed by atoms with Crippen molar-refractivity contribution in [2.75, 3.05) is 7.11 Å². The summed E-state index contributed by atoms with van der Waals surface area (Å²) in [5, 5.41) is 0. The van der Waals surface area contributed by atoms with Gasteiger partial charge in [0.25, 0.3) is 0 Å². The molecule has 0 aromatic heterocycles. The lowest BCUT2D eigenvalue weighted by atomic mass is 9.82. The van der Waals surface area contributed by atoms with Crippen LogP contribution < -0.4 is 4.74 Å². The van der Waals surface area contributed by atoms with Crippen molar-refractivity contribution in [2.24, 2.45) is 0 Å². The summed E-state index contributed by atoms with van der Waals surface area (Å²) < 4.78 is 11.3. The number of hydrogen-bond donors (Lipinski definition) is 0. The summed E-state index contributed by atoms with van der Waals surface area (Å²) in [4.78, 5) is 14.8. The van der Waals surface area contributed by atoms with Gasteiger partial charge in [-0.2, -0.15) is 0 Å². The summed E-state index contributed by atoms with van der Waals surface area (Å²) in [7, 11) is 1.72. The minimum absolute atomic E-state index is 0.0942. The average Bonchev–Trinajstić information content (AvgIpc) is 2.71. The minimum atomic E-state index is -0.204. The summed E-state index contributed by atoms with van der Waals surface area (Å²) >= 11 is 0. The van der Waals surface area contributed by atoms with Gasteiger partial charge in [-0.3, -0.25) is 4.90 Å². The van der Waals surface area contributed by atoms with Crippen LogP contribution in [0.25, 0.3) is 5.57 Å². The zero-order chi connectivity index (χ0) is 19.5. The van der Waals surface area contributed by atoms with E-state index in [2.05, 4.69) is 31.2 Å². The van der Waals surface area contributed by atoms with Crippen LogP contribution in [0.3, 0.4) is 0 Å². The Balaban J connectivity index is 1.53. The van der Waals surface area contributed by atoms with E-state index in [-0.39, 0.29) is 18.2 Å². The predicted molar refractivity (Wildman–Crippen MR) is 110 cm³/mol. The monoisotopic (exact) mass is 377 g/mol. The van der Waals surface area contributed by atoms with Crippen LogP contribution in [0.5, 0.6) is 5.75 Å². The second-order valence-corrected chi connectivity index (χ2v) is 7.70.